The number of hydrogen-bond donors (Lipinski definition) is 1. The van der Waals surface area contributed by atoms with Crippen molar-refractivity contribution in [2.75, 3.05) is 20.8 Å². The largest absolute Gasteiger partial charge is 0.497 e. The zero-order valence-corrected chi connectivity index (χ0v) is 11.3. The summed E-state index contributed by atoms with van der Waals surface area (Å²) in [7, 11) is 3.32. The van der Waals surface area contributed by atoms with Crippen LogP contribution in [0.15, 0.2) is 41.0 Å². The van der Waals surface area contributed by atoms with Crippen molar-refractivity contribution in [3.05, 3.63) is 47.9 Å². The standard InChI is InChI=1S/C15H19NO3/c1-17-14-6-5-12(15(10-14)18-2)11-16-8-7-13-4-3-9-19-13/h3-6,9-10,16H,7-8,11H2,1-2H3. The van der Waals surface area contributed by atoms with Gasteiger partial charge in [-0.25, -0.2) is 0 Å². The molecule has 2 aromatic rings. The smallest absolute Gasteiger partial charge is 0.127 e. The fraction of sp³-hybridized carbons (Fsp3) is 0.333. The predicted molar refractivity (Wildman–Crippen MR) is 73.7 cm³/mol. The van der Waals surface area contributed by atoms with Crippen molar-refractivity contribution in [1.82, 2.24) is 5.32 Å². The molecule has 19 heavy (non-hydrogen) atoms. The summed E-state index contributed by atoms with van der Waals surface area (Å²) in [5, 5.41) is 3.37. The van der Waals surface area contributed by atoms with E-state index in [0.29, 0.717) is 0 Å². The van der Waals surface area contributed by atoms with Crippen molar-refractivity contribution < 1.29 is 13.9 Å². The molecule has 0 aliphatic heterocycles. The van der Waals surface area contributed by atoms with Gasteiger partial charge < -0.3 is 19.2 Å². The molecule has 0 saturated heterocycles. The van der Waals surface area contributed by atoms with Gasteiger partial charge in [0.1, 0.15) is 17.3 Å². The van der Waals surface area contributed by atoms with E-state index in [1.54, 1.807) is 20.5 Å². The zero-order valence-electron chi connectivity index (χ0n) is 11.3. The minimum Gasteiger partial charge on any atom is -0.497 e. The van der Waals surface area contributed by atoms with Crippen molar-refractivity contribution in [3.63, 3.8) is 0 Å². The summed E-state index contributed by atoms with van der Waals surface area (Å²) in [5.41, 5.74) is 1.11. The predicted octanol–water partition coefficient (Wildman–Crippen LogP) is 2.63. The lowest BCUT2D eigenvalue weighted by atomic mass is 10.2. The molecule has 0 amide bonds. The maximum atomic E-state index is 5.35. The van der Waals surface area contributed by atoms with Gasteiger partial charge in [0.05, 0.1) is 20.5 Å². The van der Waals surface area contributed by atoms with Crippen molar-refractivity contribution >= 4 is 0 Å². The highest BCUT2D eigenvalue weighted by Gasteiger charge is 2.04. The van der Waals surface area contributed by atoms with Crippen LogP contribution in [0, 0.1) is 0 Å². The van der Waals surface area contributed by atoms with Gasteiger partial charge in [0.15, 0.2) is 0 Å². The third-order valence-corrected chi connectivity index (χ3v) is 2.94. The molecule has 4 nitrogen and oxygen atoms in total. The molecule has 0 aliphatic carbocycles. The third-order valence-electron chi connectivity index (χ3n) is 2.94. The molecule has 1 aromatic heterocycles. The normalized spacial score (nSPS) is 10.4. The van der Waals surface area contributed by atoms with Crippen LogP contribution in [0.4, 0.5) is 0 Å². The number of hydrogen-bond acceptors (Lipinski definition) is 4. The van der Waals surface area contributed by atoms with E-state index < -0.39 is 0 Å². The number of rotatable bonds is 7. The Bertz CT molecular complexity index is 494. The summed E-state index contributed by atoms with van der Waals surface area (Å²) >= 11 is 0. The molecule has 0 radical (unpaired) electrons. The van der Waals surface area contributed by atoms with Crippen LogP contribution < -0.4 is 14.8 Å². The highest BCUT2D eigenvalue weighted by Crippen LogP contribution is 2.24. The second-order valence-electron chi connectivity index (χ2n) is 4.18. The van der Waals surface area contributed by atoms with Crippen LogP contribution in [0.3, 0.4) is 0 Å². The number of ether oxygens (including phenoxy) is 2. The van der Waals surface area contributed by atoms with Gasteiger partial charge in [0.2, 0.25) is 0 Å². The Balaban J connectivity index is 1.85. The van der Waals surface area contributed by atoms with E-state index in [4.69, 9.17) is 13.9 Å². The van der Waals surface area contributed by atoms with E-state index >= 15 is 0 Å². The summed E-state index contributed by atoms with van der Waals surface area (Å²) in [4.78, 5) is 0. The summed E-state index contributed by atoms with van der Waals surface area (Å²) < 4.78 is 15.8. The van der Waals surface area contributed by atoms with Gasteiger partial charge in [0, 0.05) is 31.1 Å². The first-order chi connectivity index (χ1) is 9.33. The van der Waals surface area contributed by atoms with Gasteiger partial charge in [-0.2, -0.15) is 0 Å². The van der Waals surface area contributed by atoms with Crippen LogP contribution >= 0.6 is 0 Å². The highest BCUT2D eigenvalue weighted by atomic mass is 16.5. The molecule has 0 aliphatic rings. The van der Waals surface area contributed by atoms with Gasteiger partial charge in [-0.1, -0.05) is 6.07 Å². The summed E-state index contributed by atoms with van der Waals surface area (Å²) in [6, 6.07) is 9.73. The van der Waals surface area contributed by atoms with E-state index in [1.165, 1.54) is 0 Å². The molecule has 0 spiro atoms. The first-order valence-corrected chi connectivity index (χ1v) is 6.27. The Morgan fingerprint density at radius 3 is 2.74 bits per heavy atom. The summed E-state index contributed by atoms with van der Waals surface area (Å²) in [5.74, 6) is 2.63. The van der Waals surface area contributed by atoms with Crippen molar-refractivity contribution in [1.29, 1.82) is 0 Å². The van der Waals surface area contributed by atoms with E-state index in [-0.39, 0.29) is 0 Å². The molecule has 0 fully saturated rings. The fourth-order valence-corrected chi connectivity index (χ4v) is 1.89. The van der Waals surface area contributed by atoms with Crippen LogP contribution in [0.25, 0.3) is 0 Å². The number of furan rings is 1. The first-order valence-electron chi connectivity index (χ1n) is 6.27. The Morgan fingerprint density at radius 2 is 2.05 bits per heavy atom. The molecule has 102 valence electrons. The third kappa shape index (κ3) is 3.76. The topological polar surface area (TPSA) is 43.6 Å². The average Bonchev–Trinajstić information content (AvgIpc) is 2.96. The first kappa shape index (κ1) is 13.5. The maximum absolute atomic E-state index is 5.35. The molecule has 2 rings (SSSR count). The lowest BCUT2D eigenvalue weighted by Gasteiger charge is -2.11. The van der Waals surface area contributed by atoms with Gasteiger partial charge >= 0.3 is 0 Å². The molecular weight excluding hydrogens is 242 g/mol. The van der Waals surface area contributed by atoms with E-state index in [0.717, 1.165) is 42.3 Å². The molecular formula is C15H19NO3. The van der Waals surface area contributed by atoms with Gasteiger partial charge in [0.25, 0.3) is 0 Å². The zero-order chi connectivity index (χ0) is 13.5. The molecule has 0 unspecified atom stereocenters. The van der Waals surface area contributed by atoms with Crippen LogP contribution in [0.2, 0.25) is 0 Å². The van der Waals surface area contributed by atoms with E-state index in [2.05, 4.69) is 5.32 Å². The van der Waals surface area contributed by atoms with Crippen molar-refractivity contribution in [2.45, 2.75) is 13.0 Å². The van der Waals surface area contributed by atoms with Crippen LogP contribution in [-0.2, 0) is 13.0 Å². The molecule has 1 aromatic carbocycles. The summed E-state index contributed by atoms with van der Waals surface area (Å²) in [6.45, 7) is 1.62. The molecule has 4 heteroatoms. The fourth-order valence-electron chi connectivity index (χ4n) is 1.89. The van der Waals surface area contributed by atoms with Gasteiger partial charge in [-0.3, -0.25) is 0 Å². The molecule has 0 bridgehead atoms. The highest BCUT2D eigenvalue weighted by molar-refractivity contribution is 5.40. The molecule has 1 N–H and O–H groups in total. The van der Waals surface area contributed by atoms with E-state index in [1.807, 2.05) is 30.3 Å². The molecule has 0 saturated carbocycles. The minimum atomic E-state index is 0.758. The number of methoxy groups -OCH3 is 2. The monoisotopic (exact) mass is 261 g/mol. The van der Waals surface area contributed by atoms with Crippen LogP contribution in [0.1, 0.15) is 11.3 Å². The quantitative estimate of drug-likeness (QED) is 0.778. The lowest BCUT2D eigenvalue weighted by Crippen LogP contribution is -2.17. The van der Waals surface area contributed by atoms with Crippen LogP contribution in [-0.4, -0.2) is 20.8 Å². The summed E-state index contributed by atoms with van der Waals surface area (Å²) in [6.07, 6.45) is 2.58. The lowest BCUT2D eigenvalue weighted by molar-refractivity contribution is 0.389. The second kappa shape index (κ2) is 6.85. The Hall–Kier alpha value is -1.94. The minimum absolute atomic E-state index is 0.758. The SMILES string of the molecule is COc1ccc(CNCCc2ccco2)c(OC)c1. The number of nitrogens with one attached hydrogen (secondary N) is 1. The maximum Gasteiger partial charge on any atom is 0.127 e. The molecule has 0 atom stereocenters. The number of benzene rings is 1. The average molecular weight is 261 g/mol. The molecule has 1 heterocycles. The van der Waals surface area contributed by atoms with Gasteiger partial charge in [-0.15, -0.1) is 0 Å². The van der Waals surface area contributed by atoms with Gasteiger partial charge in [-0.05, 0) is 18.2 Å². The Kier molecular flexibility index (Phi) is 4.86. The second-order valence-corrected chi connectivity index (χ2v) is 4.18. The van der Waals surface area contributed by atoms with Crippen molar-refractivity contribution in [2.24, 2.45) is 0 Å². The Labute approximate surface area is 113 Å². The van der Waals surface area contributed by atoms with E-state index in [9.17, 15) is 0 Å². The Morgan fingerprint density at radius 1 is 1.16 bits per heavy atom. The van der Waals surface area contributed by atoms with Crippen molar-refractivity contribution in [3.8, 4) is 11.5 Å². The van der Waals surface area contributed by atoms with Crippen LogP contribution in [0.5, 0.6) is 11.5 Å².